The molecule has 2 bridgehead atoms. The van der Waals surface area contributed by atoms with E-state index in [0.717, 1.165) is 42.5 Å². The molecule has 4 rings (SSSR count). The Hall–Kier alpha value is -1.76. The predicted molar refractivity (Wildman–Crippen MR) is 113 cm³/mol. The standard InChI is InChI=1S/C23H22Cl2F3NO2/c24-19-6-1-14(10-20(19)25)13-29-18-7-8-22(29,12-15(9-18)11-21(30)31)16-2-4-17(5-3-16)23(26,27)28/h1-6,10,15,18H,7-9,11-13H2,(H,30,31)/t15?,18-,22+/m1/s1. The van der Waals surface area contributed by atoms with E-state index in [0.29, 0.717) is 23.0 Å². The van der Waals surface area contributed by atoms with E-state index in [4.69, 9.17) is 23.2 Å². The van der Waals surface area contributed by atoms with Crippen LogP contribution in [0.2, 0.25) is 10.0 Å². The number of hydrogen-bond donors (Lipinski definition) is 1. The van der Waals surface area contributed by atoms with Gasteiger partial charge < -0.3 is 5.11 Å². The summed E-state index contributed by atoms with van der Waals surface area (Å²) in [4.78, 5) is 13.7. The number of halogens is 5. The van der Waals surface area contributed by atoms with Gasteiger partial charge in [-0.2, -0.15) is 13.2 Å². The molecule has 0 saturated carbocycles. The number of fused-ring (bicyclic) bond motifs is 2. The number of alkyl halides is 3. The largest absolute Gasteiger partial charge is 0.481 e. The molecule has 0 amide bonds. The quantitative estimate of drug-likeness (QED) is 0.523. The fourth-order valence-electron chi connectivity index (χ4n) is 5.38. The van der Waals surface area contributed by atoms with Crippen molar-refractivity contribution in [1.29, 1.82) is 0 Å². The maximum atomic E-state index is 13.1. The fraction of sp³-hybridized carbons (Fsp3) is 0.435. The predicted octanol–water partition coefficient (Wildman–Crippen LogP) is 6.76. The zero-order valence-corrected chi connectivity index (χ0v) is 18.1. The third-order valence-electron chi connectivity index (χ3n) is 6.66. The van der Waals surface area contributed by atoms with Crippen LogP contribution < -0.4 is 0 Å². The highest BCUT2D eigenvalue weighted by Crippen LogP contribution is 2.54. The molecule has 0 aliphatic carbocycles. The van der Waals surface area contributed by atoms with Crippen molar-refractivity contribution >= 4 is 29.2 Å². The Balaban J connectivity index is 1.71. The lowest BCUT2D eigenvalue weighted by Crippen LogP contribution is -2.50. The average molecular weight is 472 g/mol. The van der Waals surface area contributed by atoms with Gasteiger partial charge in [-0.3, -0.25) is 9.69 Å². The topological polar surface area (TPSA) is 40.5 Å². The van der Waals surface area contributed by atoms with Gasteiger partial charge in [-0.15, -0.1) is 0 Å². The van der Waals surface area contributed by atoms with Crippen LogP contribution in [0.1, 0.15) is 48.8 Å². The van der Waals surface area contributed by atoms with E-state index >= 15 is 0 Å². The van der Waals surface area contributed by atoms with Crippen molar-refractivity contribution < 1.29 is 23.1 Å². The second-order valence-electron chi connectivity index (χ2n) is 8.58. The minimum Gasteiger partial charge on any atom is -0.481 e. The van der Waals surface area contributed by atoms with Crippen LogP contribution in [0, 0.1) is 5.92 Å². The van der Waals surface area contributed by atoms with E-state index in [1.54, 1.807) is 18.2 Å². The minimum absolute atomic E-state index is 0.0163. The summed E-state index contributed by atoms with van der Waals surface area (Å²) in [6, 6.07) is 11.0. The Morgan fingerprint density at radius 2 is 1.84 bits per heavy atom. The van der Waals surface area contributed by atoms with E-state index in [1.807, 2.05) is 12.1 Å². The van der Waals surface area contributed by atoms with Crippen LogP contribution in [0.4, 0.5) is 13.2 Å². The van der Waals surface area contributed by atoms with Gasteiger partial charge in [-0.25, -0.2) is 0 Å². The van der Waals surface area contributed by atoms with Gasteiger partial charge in [0.05, 0.1) is 15.6 Å². The van der Waals surface area contributed by atoms with Crippen molar-refractivity contribution in [3.63, 3.8) is 0 Å². The zero-order chi connectivity index (χ0) is 22.4. The monoisotopic (exact) mass is 471 g/mol. The average Bonchev–Trinajstić information content (AvgIpc) is 2.90. The molecule has 3 nitrogen and oxygen atoms in total. The Labute approximate surface area is 188 Å². The fourth-order valence-corrected chi connectivity index (χ4v) is 5.70. The highest BCUT2D eigenvalue weighted by Gasteiger charge is 2.52. The van der Waals surface area contributed by atoms with Crippen LogP contribution in [0.3, 0.4) is 0 Å². The van der Waals surface area contributed by atoms with Gasteiger partial charge in [-0.1, -0.05) is 41.4 Å². The van der Waals surface area contributed by atoms with Gasteiger partial charge in [-0.05, 0) is 67.0 Å². The number of benzene rings is 2. The van der Waals surface area contributed by atoms with Crippen LogP contribution in [0.5, 0.6) is 0 Å². The molecule has 1 unspecified atom stereocenters. The third kappa shape index (κ3) is 4.43. The summed E-state index contributed by atoms with van der Waals surface area (Å²) in [6.07, 6.45) is -1.32. The molecular weight excluding hydrogens is 450 g/mol. The summed E-state index contributed by atoms with van der Waals surface area (Å²) >= 11 is 12.2. The van der Waals surface area contributed by atoms with E-state index < -0.39 is 23.2 Å². The molecule has 0 aromatic heterocycles. The van der Waals surface area contributed by atoms with E-state index in [1.165, 1.54) is 0 Å². The number of piperidine rings is 1. The number of carboxylic acid groups (broad SMARTS) is 1. The number of aliphatic carboxylic acids is 1. The second kappa shape index (κ2) is 8.30. The van der Waals surface area contributed by atoms with Crippen molar-refractivity contribution in [2.75, 3.05) is 0 Å². The lowest BCUT2D eigenvalue weighted by Gasteiger charge is -2.48. The van der Waals surface area contributed by atoms with Gasteiger partial charge in [0.15, 0.2) is 0 Å². The number of hydrogen-bond acceptors (Lipinski definition) is 2. The van der Waals surface area contributed by atoms with Crippen LogP contribution >= 0.6 is 23.2 Å². The summed E-state index contributed by atoms with van der Waals surface area (Å²) < 4.78 is 39.3. The Bertz CT molecular complexity index is 980. The van der Waals surface area contributed by atoms with Crippen molar-refractivity contribution in [3.8, 4) is 0 Å². The zero-order valence-electron chi connectivity index (χ0n) is 16.6. The summed E-state index contributed by atoms with van der Waals surface area (Å²) in [5.41, 5.74) is 0.586. The van der Waals surface area contributed by atoms with E-state index in [-0.39, 0.29) is 18.4 Å². The van der Waals surface area contributed by atoms with Gasteiger partial charge in [0.2, 0.25) is 0 Å². The number of nitrogens with zero attached hydrogens (tertiary/aromatic N) is 1. The summed E-state index contributed by atoms with van der Waals surface area (Å²) in [5.74, 6) is -0.859. The first-order valence-electron chi connectivity index (χ1n) is 10.2. The van der Waals surface area contributed by atoms with Crippen LogP contribution in [0.25, 0.3) is 0 Å². The lowest BCUT2D eigenvalue weighted by atomic mass is 9.75. The first-order chi connectivity index (χ1) is 14.6. The van der Waals surface area contributed by atoms with Gasteiger partial charge in [0, 0.05) is 24.5 Å². The van der Waals surface area contributed by atoms with Gasteiger partial charge in [0.1, 0.15) is 0 Å². The number of carbonyl (C=O) groups is 1. The molecule has 3 atom stereocenters. The Morgan fingerprint density at radius 1 is 1.13 bits per heavy atom. The van der Waals surface area contributed by atoms with Gasteiger partial charge in [0.25, 0.3) is 0 Å². The first kappa shape index (κ1) is 22.4. The Kier molecular flexibility index (Phi) is 6.01. The molecule has 31 heavy (non-hydrogen) atoms. The Morgan fingerprint density at radius 3 is 2.45 bits per heavy atom. The van der Waals surface area contributed by atoms with Crippen molar-refractivity contribution in [2.45, 2.75) is 56.4 Å². The molecule has 2 aromatic carbocycles. The molecule has 0 radical (unpaired) electrons. The molecule has 166 valence electrons. The number of rotatable bonds is 5. The van der Waals surface area contributed by atoms with Crippen LogP contribution in [-0.4, -0.2) is 22.0 Å². The summed E-state index contributed by atoms with van der Waals surface area (Å²) in [5, 5.41) is 10.2. The van der Waals surface area contributed by atoms with Crippen molar-refractivity contribution in [2.24, 2.45) is 5.92 Å². The lowest BCUT2D eigenvalue weighted by molar-refractivity contribution is -0.139. The molecule has 2 aromatic rings. The highest BCUT2D eigenvalue weighted by atomic mass is 35.5. The maximum Gasteiger partial charge on any atom is 0.416 e. The summed E-state index contributed by atoms with van der Waals surface area (Å²) in [7, 11) is 0. The molecule has 2 fully saturated rings. The molecule has 2 heterocycles. The molecule has 2 aliphatic rings. The SMILES string of the molecule is O=C(O)CC1C[C@H]2CC[C@@](c3ccc(C(F)(F)F)cc3)(C1)N2Cc1ccc(Cl)c(Cl)c1. The minimum atomic E-state index is -4.40. The maximum absolute atomic E-state index is 13.1. The van der Waals surface area contributed by atoms with Crippen LogP contribution in [0.15, 0.2) is 42.5 Å². The summed E-state index contributed by atoms with van der Waals surface area (Å²) in [6.45, 7) is 0.572. The molecule has 0 spiro atoms. The number of carboxylic acids is 1. The van der Waals surface area contributed by atoms with E-state index in [2.05, 4.69) is 4.90 Å². The molecule has 1 N–H and O–H groups in total. The van der Waals surface area contributed by atoms with Crippen molar-refractivity contribution in [3.05, 3.63) is 69.2 Å². The normalized spacial score (nSPS) is 26.2. The van der Waals surface area contributed by atoms with Gasteiger partial charge >= 0.3 is 12.1 Å². The third-order valence-corrected chi connectivity index (χ3v) is 7.40. The molecule has 2 aliphatic heterocycles. The van der Waals surface area contributed by atoms with Crippen molar-refractivity contribution in [1.82, 2.24) is 4.90 Å². The smallest absolute Gasteiger partial charge is 0.416 e. The molecule has 2 saturated heterocycles. The first-order valence-corrected chi connectivity index (χ1v) is 10.9. The van der Waals surface area contributed by atoms with E-state index in [9.17, 15) is 23.1 Å². The second-order valence-corrected chi connectivity index (χ2v) is 9.39. The molecule has 8 heteroatoms. The highest BCUT2D eigenvalue weighted by molar-refractivity contribution is 6.42. The molecular formula is C23H22Cl2F3NO2. The van der Waals surface area contributed by atoms with Crippen LogP contribution in [-0.2, 0) is 23.1 Å².